The van der Waals surface area contributed by atoms with E-state index in [1.807, 2.05) is 0 Å². The molecule has 18 heavy (non-hydrogen) atoms. The number of hydrogen-bond donors (Lipinski definition) is 2. The molecule has 0 saturated carbocycles. The summed E-state index contributed by atoms with van der Waals surface area (Å²) in [6.45, 7) is 9.02. The van der Waals surface area contributed by atoms with Gasteiger partial charge in [0.15, 0.2) is 0 Å². The van der Waals surface area contributed by atoms with Crippen molar-refractivity contribution in [3.8, 4) is 0 Å². The van der Waals surface area contributed by atoms with Crippen molar-refractivity contribution in [2.24, 2.45) is 0 Å². The number of hydrogen-bond acceptors (Lipinski definition) is 2. The molecule has 1 atom stereocenters. The lowest BCUT2D eigenvalue weighted by atomic mass is 9.86. The van der Waals surface area contributed by atoms with Crippen molar-refractivity contribution in [2.45, 2.75) is 39.2 Å². The molecule has 0 aromatic heterocycles. The van der Waals surface area contributed by atoms with Crippen LogP contribution in [0.4, 0.5) is 0 Å². The first-order valence-corrected chi connectivity index (χ1v) is 6.39. The van der Waals surface area contributed by atoms with Gasteiger partial charge in [-0.05, 0) is 23.5 Å². The van der Waals surface area contributed by atoms with Crippen LogP contribution in [0.3, 0.4) is 0 Å². The molecule has 0 spiro atoms. The van der Waals surface area contributed by atoms with Gasteiger partial charge in [-0.3, -0.25) is 4.79 Å². The Morgan fingerprint density at radius 2 is 1.78 bits per heavy atom. The van der Waals surface area contributed by atoms with Gasteiger partial charge in [0.25, 0.3) is 0 Å². The molecule has 1 rings (SSSR count). The van der Waals surface area contributed by atoms with Gasteiger partial charge in [-0.25, -0.2) is 0 Å². The summed E-state index contributed by atoms with van der Waals surface area (Å²) in [5.41, 5.74) is 2.70. The van der Waals surface area contributed by atoms with E-state index in [0.29, 0.717) is 6.54 Å². The number of nitrogens with one attached hydrogen (secondary N) is 2. The normalized spacial score (nSPS) is 13.2. The van der Waals surface area contributed by atoms with E-state index in [4.69, 9.17) is 0 Å². The molecular formula is C15H24N2O. The largest absolute Gasteiger partial charge is 0.358 e. The number of carbonyl (C=O) groups excluding carboxylic acids is 1. The summed E-state index contributed by atoms with van der Waals surface area (Å²) in [7, 11) is 1.65. The van der Waals surface area contributed by atoms with Crippen molar-refractivity contribution >= 4 is 5.91 Å². The quantitative estimate of drug-likeness (QED) is 0.859. The van der Waals surface area contributed by atoms with E-state index in [2.05, 4.69) is 62.6 Å². The van der Waals surface area contributed by atoms with Crippen LogP contribution in [0, 0.1) is 0 Å². The molecule has 2 N–H and O–H groups in total. The maximum Gasteiger partial charge on any atom is 0.233 e. The molecule has 0 bridgehead atoms. The molecule has 1 aromatic carbocycles. The second-order valence-electron chi connectivity index (χ2n) is 5.65. The summed E-state index contributed by atoms with van der Waals surface area (Å²) in [6, 6.07) is 8.75. The van der Waals surface area contributed by atoms with Gasteiger partial charge in [0, 0.05) is 13.1 Å². The number of amides is 1. The number of likely N-dealkylation sites (N-methyl/N-ethyl adjacent to an activating group) is 1. The Labute approximate surface area is 110 Å². The summed E-state index contributed by atoms with van der Waals surface area (Å²) >= 11 is 0. The molecule has 0 fully saturated rings. The molecule has 0 radical (unpaired) electrons. The predicted molar refractivity (Wildman–Crippen MR) is 75.6 cm³/mol. The minimum Gasteiger partial charge on any atom is -0.358 e. The van der Waals surface area contributed by atoms with Crippen molar-refractivity contribution in [1.29, 1.82) is 0 Å². The standard InChI is InChI=1S/C15H24N2O/c1-11(17-10-14(18)16-5)12-6-8-13(9-7-12)15(2,3)4/h6-9,11,17H,10H2,1-5H3,(H,16,18). The number of benzene rings is 1. The SMILES string of the molecule is CNC(=O)CNC(C)c1ccc(C(C)(C)C)cc1. The van der Waals surface area contributed by atoms with Crippen LogP contribution >= 0.6 is 0 Å². The van der Waals surface area contributed by atoms with Crippen LogP contribution in [-0.4, -0.2) is 19.5 Å². The van der Waals surface area contributed by atoms with Gasteiger partial charge in [-0.2, -0.15) is 0 Å². The van der Waals surface area contributed by atoms with Crippen molar-refractivity contribution < 1.29 is 4.79 Å². The molecule has 1 unspecified atom stereocenters. The summed E-state index contributed by atoms with van der Waals surface area (Å²) in [4.78, 5) is 11.2. The number of rotatable bonds is 4. The zero-order valence-corrected chi connectivity index (χ0v) is 12.0. The third-order valence-corrected chi connectivity index (χ3v) is 3.12. The minimum absolute atomic E-state index is 0.00756. The van der Waals surface area contributed by atoms with Crippen LogP contribution in [0.2, 0.25) is 0 Å². The van der Waals surface area contributed by atoms with Gasteiger partial charge in [0.05, 0.1) is 6.54 Å². The molecule has 3 heteroatoms. The Kier molecular flexibility index (Phi) is 4.91. The maximum atomic E-state index is 11.2. The Balaban J connectivity index is 2.65. The van der Waals surface area contributed by atoms with Crippen molar-refractivity contribution in [3.63, 3.8) is 0 Å². The lowest BCUT2D eigenvalue weighted by Crippen LogP contribution is -2.32. The third kappa shape index (κ3) is 4.15. The van der Waals surface area contributed by atoms with Crippen molar-refractivity contribution in [3.05, 3.63) is 35.4 Å². The number of carbonyl (C=O) groups is 1. The molecule has 1 amide bonds. The third-order valence-electron chi connectivity index (χ3n) is 3.12. The van der Waals surface area contributed by atoms with Crippen molar-refractivity contribution in [1.82, 2.24) is 10.6 Å². The zero-order valence-electron chi connectivity index (χ0n) is 12.0. The van der Waals surface area contributed by atoms with E-state index >= 15 is 0 Å². The second kappa shape index (κ2) is 6.01. The van der Waals surface area contributed by atoms with Gasteiger partial charge >= 0.3 is 0 Å². The van der Waals surface area contributed by atoms with Crippen LogP contribution in [0.5, 0.6) is 0 Å². The summed E-state index contributed by atoms with van der Waals surface area (Å²) in [6.07, 6.45) is 0. The first-order valence-electron chi connectivity index (χ1n) is 6.39. The average molecular weight is 248 g/mol. The van der Waals surface area contributed by atoms with Crippen LogP contribution in [0.1, 0.15) is 44.9 Å². The highest BCUT2D eigenvalue weighted by atomic mass is 16.1. The topological polar surface area (TPSA) is 41.1 Å². The summed E-state index contributed by atoms with van der Waals surface area (Å²) in [5, 5.41) is 5.80. The summed E-state index contributed by atoms with van der Waals surface area (Å²) < 4.78 is 0. The molecular weight excluding hydrogens is 224 g/mol. The highest BCUT2D eigenvalue weighted by Gasteiger charge is 2.14. The Morgan fingerprint density at radius 1 is 1.22 bits per heavy atom. The van der Waals surface area contributed by atoms with E-state index in [1.54, 1.807) is 7.05 Å². The van der Waals surface area contributed by atoms with Gasteiger partial charge in [-0.1, -0.05) is 45.0 Å². The van der Waals surface area contributed by atoms with E-state index in [1.165, 1.54) is 11.1 Å². The zero-order chi connectivity index (χ0) is 13.8. The highest BCUT2D eigenvalue weighted by molar-refractivity contribution is 5.77. The Morgan fingerprint density at radius 3 is 2.22 bits per heavy atom. The molecule has 100 valence electrons. The van der Waals surface area contributed by atoms with E-state index in [0.717, 1.165) is 0 Å². The molecule has 0 aliphatic carbocycles. The Bertz CT molecular complexity index is 390. The predicted octanol–water partition coefficient (Wildman–Crippen LogP) is 2.38. The second-order valence-corrected chi connectivity index (χ2v) is 5.65. The molecule has 0 aliphatic heterocycles. The molecule has 0 heterocycles. The van der Waals surface area contributed by atoms with Gasteiger partial charge in [-0.15, -0.1) is 0 Å². The van der Waals surface area contributed by atoms with Crippen LogP contribution in [0.25, 0.3) is 0 Å². The molecule has 1 aromatic rings. The Hall–Kier alpha value is -1.35. The fourth-order valence-corrected chi connectivity index (χ4v) is 1.72. The smallest absolute Gasteiger partial charge is 0.233 e. The van der Waals surface area contributed by atoms with Gasteiger partial charge in [0.2, 0.25) is 5.91 Å². The minimum atomic E-state index is 0.00756. The molecule has 0 saturated heterocycles. The lowest BCUT2D eigenvalue weighted by Gasteiger charge is -2.20. The lowest BCUT2D eigenvalue weighted by molar-refractivity contribution is -0.119. The van der Waals surface area contributed by atoms with Crippen molar-refractivity contribution in [2.75, 3.05) is 13.6 Å². The highest BCUT2D eigenvalue weighted by Crippen LogP contribution is 2.23. The van der Waals surface area contributed by atoms with Crippen LogP contribution < -0.4 is 10.6 Å². The first kappa shape index (κ1) is 14.7. The van der Waals surface area contributed by atoms with Crippen LogP contribution in [0.15, 0.2) is 24.3 Å². The van der Waals surface area contributed by atoms with E-state index in [9.17, 15) is 4.79 Å². The maximum absolute atomic E-state index is 11.2. The summed E-state index contributed by atoms with van der Waals surface area (Å²) in [5.74, 6) is 0.00756. The van der Waals surface area contributed by atoms with E-state index in [-0.39, 0.29) is 17.4 Å². The molecule has 0 aliphatic rings. The van der Waals surface area contributed by atoms with Gasteiger partial charge in [0.1, 0.15) is 0 Å². The fourth-order valence-electron chi connectivity index (χ4n) is 1.72. The van der Waals surface area contributed by atoms with E-state index < -0.39 is 0 Å². The fraction of sp³-hybridized carbons (Fsp3) is 0.533. The van der Waals surface area contributed by atoms with Crippen LogP contribution in [-0.2, 0) is 10.2 Å². The average Bonchev–Trinajstić information content (AvgIpc) is 2.34. The molecule has 3 nitrogen and oxygen atoms in total. The first-order chi connectivity index (χ1) is 8.34. The monoisotopic (exact) mass is 248 g/mol. The van der Waals surface area contributed by atoms with Gasteiger partial charge < -0.3 is 10.6 Å².